The van der Waals surface area contributed by atoms with Gasteiger partial charge in [0.05, 0.1) is 12.1 Å². The van der Waals surface area contributed by atoms with Crippen LogP contribution in [0.4, 0.5) is 16.2 Å². The molecule has 138 valence electrons. The van der Waals surface area contributed by atoms with Gasteiger partial charge in [0.25, 0.3) is 0 Å². The van der Waals surface area contributed by atoms with Crippen LogP contribution in [-0.4, -0.2) is 41.4 Å². The average molecular weight is 356 g/mol. The van der Waals surface area contributed by atoms with Gasteiger partial charge >= 0.3 is 6.03 Å². The summed E-state index contributed by atoms with van der Waals surface area (Å²) in [6, 6.07) is 6.85. The molecule has 1 aliphatic rings. The van der Waals surface area contributed by atoms with Crippen molar-refractivity contribution < 1.29 is 9.59 Å². The standard InChI is InChI=1S/C18H24N6O2/c1-3-20-18(26)23-14-6-4-5-13(7-14)22-17(25)16-10-19-9-15(16)12-8-21-24(2)11-12/h4-8,11,15-16,19H,3,9-10H2,1-2H3,(H,22,25)(H2,20,23,26)/t15-,16+/m1/s1. The van der Waals surface area contributed by atoms with Crippen LogP contribution < -0.4 is 21.3 Å². The monoisotopic (exact) mass is 356 g/mol. The number of amides is 3. The van der Waals surface area contributed by atoms with Gasteiger partial charge in [-0.1, -0.05) is 6.07 Å². The zero-order chi connectivity index (χ0) is 18.5. The van der Waals surface area contributed by atoms with Crippen molar-refractivity contribution in [2.24, 2.45) is 13.0 Å². The molecule has 3 amide bonds. The van der Waals surface area contributed by atoms with E-state index in [4.69, 9.17) is 0 Å². The van der Waals surface area contributed by atoms with Crippen LogP contribution in [-0.2, 0) is 11.8 Å². The lowest BCUT2D eigenvalue weighted by Gasteiger charge is -2.17. The third-order valence-corrected chi connectivity index (χ3v) is 4.43. The van der Waals surface area contributed by atoms with Gasteiger partial charge in [-0.25, -0.2) is 4.79 Å². The lowest BCUT2D eigenvalue weighted by Crippen LogP contribution is -2.29. The quantitative estimate of drug-likeness (QED) is 0.652. The molecule has 0 spiro atoms. The highest BCUT2D eigenvalue weighted by atomic mass is 16.2. The van der Waals surface area contributed by atoms with Gasteiger partial charge in [0.2, 0.25) is 5.91 Å². The molecule has 0 radical (unpaired) electrons. The Balaban J connectivity index is 1.66. The maximum absolute atomic E-state index is 12.8. The SMILES string of the molecule is CCNC(=O)Nc1cccc(NC(=O)[C@H]2CNC[C@@H]2c2cnn(C)c2)c1. The van der Waals surface area contributed by atoms with Crippen molar-refractivity contribution in [3.05, 3.63) is 42.2 Å². The van der Waals surface area contributed by atoms with Crippen LogP contribution in [0.25, 0.3) is 0 Å². The van der Waals surface area contributed by atoms with Crippen molar-refractivity contribution in [2.75, 3.05) is 30.3 Å². The van der Waals surface area contributed by atoms with E-state index in [1.807, 2.05) is 32.4 Å². The smallest absolute Gasteiger partial charge is 0.319 e. The van der Waals surface area contributed by atoms with Gasteiger partial charge in [0, 0.05) is 50.2 Å². The number of hydrogen-bond acceptors (Lipinski definition) is 4. The van der Waals surface area contributed by atoms with Gasteiger partial charge in [0.1, 0.15) is 0 Å². The Labute approximate surface area is 152 Å². The lowest BCUT2D eigenvalue weighted by molar-refractivity contribution is -0.119. The van der Waals surface area contributed by atoms with Crippen molar-refractivity contribution >= 4 is 23.3 Å². The minimum Gasteiger partial charge on any atom is -0.338 e. The van der Waals surface area contributed by atoms with Gasteiger partial charge < -0.3 is 21.3 Å². The Morgan fingerprint density at radius 2 is 2.04 bits per heavy atom. The Morgan fingerprint density at radius 1 is 1.27 bits per heavy atom. The molecular weight excluding hydrogens is 332 g/mol. The first-order valence-electron chi connectivity index (χ1n) is 8.72. The third-order valence-electron chi connectivity index (χ3n) is 4.43. The van der Waals surface area contributed by atoms with E-state index in [0.717, 1.165) is 12.1 Å². The topological polar surface area (TPSA) is 100 Å². The maximum Gasteiger partial charge on any atom is 0.319 e. The number of aryl methyl sites for hydroxylation is 1. The average Bonchev–Trinajstić information content (AvgIpc) is 3.24. The Morgan fingerprint density at radius 3 is 2.73 bits per heavy atom. The van der Waals surface area contributed by atoms with Gasteiger partial charge in [-0.2, -0.15) is 5.10 Å². The predicted molar refractivity (Wildman–Crippen MR) is 100 cm³/mol. The summed E-state index contributed by atoms with van der Waals surface area (Å²) in [5.41, 5.74) is 2.34. The van der Waals surface area contributed by atoms with E-state index in [9.17, 15) is 9.59 Å². The Bertz CT molecular complexity index is 787. The van der Waals surface area contributed by atoms with E-state index in [1.165, 1.54) is 0 Å². The van der Waals surface area contributed by atoms with E-state index in [1.54, 1.807) is 22.9 Å². The first-order chi connectivity index (χ1) is 12.6. The van der Waals surface area contributed by atoms with Crippen molar-refractivity contribution in [3.63, 3.8) is 0 Å². The third kappa shape index (κ3) is 4.20. The highest BCUT2D eigenvalue weighted by Gasteiger charge is 2.34. The van der Waals surface area contributed by atoms with E-state index < -0.39 is 0 Å². The number of benzene rings is 1. The fraction of sp³-hybridized carbons (Fsp3) is 0.389. The van der Waals surface area contributed by atoms with Gasteiger partial charge in [-0.15, -0.1) is 0 Å². The molecule has 0 saturated carbocycles. The fourth-order valence-corrected chi connectivity index (χ4v) is 3.18. The maximum atomic E-state index is 12.8. The van der Waals surface area contributed by atoms with Crippen LogP contribution in [0.2, 0.25) is 0 Å². The van der Waals surface area contributed by atoms with Gasteiger partial charge in [0.15, 0.2) is 0 Å². The molecule has 2 atom stereocenters. The summed E-state index contributed by atoms with van der Waals surface area (Å²) in [4.78, 5) is 24.4. The zero-order valence-corrected chi connectivity index (χ0v) is 15.0. The summed E-state index contributed by atoms with van der Waals surface area (Å²) in [5, 5.41) is 15.9. The van der Waals surface area contributed by atoms with E-state index in [0.29, 0.717) is 24.5 Å². The summed E-state index contributed by atoms with van der Waals surface area (Å²) < 4.78 is 1.75. The molecule has 0 bridgehead atoms. The second kappa shape index (κ2) is 8.01. The van der Waals surface area contributed by atoms with Crippen molar-refractivity contribution in [1.29, 1.82) is 0 Å². The number of rotatable bonds is 5. The summed E-state index contributed by atoms with van der Waals surface area (Å²) in [6.07, 6.45) is 3.77. The molecule has 3 rings (SSSR count). The van der Waals surface area contributed by atoms with E-state index in [-0.39, 0.29) is 23.8 Å². The molecule has 0 aliphatic carbocycles. The largest absolute Gasteiger partial charge is 0.338 e. The molecule has 1 fully saturated rings. The number of carbonyl (C=O) groups is 2. The molecular formula is C18H24N6O2. The number of nitrogens with one attached hydrogen (secondary N) is 4. The molecule has 1 aromatic carbocycles. The number of anilines is 2. The van der Waals surface area contributed by atoms with Crippen molar-refractivity contribution in [2.45, 2.75) is 12.8 Å². The summed E-state index contributed by atoms with van der Waals surface area (Å²) in [5.74, 6) is -0.112. The number of aromatic nitrogens is 2. The van der Waals surface area contributed by atoms with Crippen LogP contribution in [0.5, 0.6) is 0 Å². The highest BCUT2D eigenvalue weighted by molar-refractivity contribution is 5.95. The number of carbonyl (C=O) groups excluding carboxylic acids is 2. The van der Waals surface area contributed by atoms with E-state index >= 15 is 0 Å². The summed E-state index contributed by atoms with van der Waals surface area (Å²) in [7, 11) is 1.87. The molecule has 0 unspecified atom stereocenters. The van der Waals surface area contributed by atoms with Crippen LogP contribution in [0.3, 0.4) is 0 Å². The first-order valence-corrected chi connectivity index (χ1v) is 8.72. The minimum atomic E-state index is -0.271. The second-order valence-electron chi connectivity index (χ2n) is 6.37. The van der Waals surface area contributed by atoms with Crippen LogP contribution in [0, 0.1) is 5.92 Å². The molecule has 1 saturated heterocycles. The number of urea groups is 1. The molecule has 1 aromatic heterocycles. The number of nitrogens with zero attached hydrogens (tertiary/aromatic N) is 2. The fourth-order valence-electron chi connectivity index (χ4n) is 3.18. The second-order valence-corrected chi connectivity index (χ2v) is 6.37. The molecule has 1 aliphatic heterocycles. The molecule has 4 N–H and O–H groups in total. The molecule has 2 heterocycles. The summed E-state index contributed by atoms with van der Waals surface area (Å²) >= 11 is 0. The van der Waals surface area contributed by atoms with Crippen LogP contribution >= 0.6 is 0 Å². The van der Waals surface area contributed by atoms with Crippen molar-refractivity contribution in [1.82, 2.24) is 20.4 Å². The molecule has 2 aromatic rings. The molecule has 8 nitrogen and oxygen atoms in total. The van der Waals surface area contributed by atoms with Crippen LogP contribution in [0.1, 0.15) is 18.4 Å². The first kappa shape index (κ1) is 17.9. The normalized spacial score (nSPS) is 19.2. The molecule has 26 heavy (non-hydrogen) atoms. The van der Waals surface area contributed by atoms with Crippen molar-refractivity contribution in [3.8, 4) is 0 Å². The summed E-state index contributed by atoms with van der Waals surface area (Å²) in [6.45, 7) is 3.78. The van der Waals surface area contributed by atoms with Gasteiger partial charge in [-0.3, -0.25) is 9.48 Å². The highest BCUT2D eigenvalue weighted by Crippen LogP contribution is 2.29. The number of hydrogen-bond donors (Lipinski definition) is 4. The predicted octanol–water partition coefficient (Wildman–Crippen LogP) is 1.50. The van der Waals surface area contributed by atoms with Crippen LogP contribution in [0.15, 0.2) is 36.7 Å². The zero-order valence-electron chi connectivity index (χ0n) is 15.0. The minimum absolute atomic E-state index is 0.0426. The Kier molecular flexibility index (Phi) is 5.52. The Hall–Kier alpha value is -2.87. The van der Waals surface area contributed by atoms with Gasteiger partial charge in [-0.05, 0) is 30.7 Å². The molecule has 8 heteroatoms. The van der Waals surface area contributed by atoms with E-state index in [2.05, 4.69) is 26.4 Å². The lowest BCUT2D eigenvalue weighted by atomic mass is 9.90.